The van der Waals surface area contributed by atoms with Gasteiger partial charge in [-0.3, -0.25) is 0 Å². The molecule has 0 unspecified atom stereocenters. The van der Waals surface area contributed by atoms with Crippen molar-refractivity contribution in [3.05, 3.63) is 36.0 Å². The molecular weight excluding hydrogens is 259 g/mol. The second-order valence-corrected chi connectivity index (χ2v) is 4.89. The topological polar surface area (TPSA) is 80.0 Å². The van der Waals surface area contributed by atoms with Gasteiger partial charge in [-0.15, -0.1) is 0 Å². The van der Waals surface area contributed by atoms with Crippen molar-refractivity contribution >= 4 is 21.0 Å². The first-order valence-corrected chi connectivity index (χ1v) is 6.41. The van der Waals surface area contributed by atoms with E-state index in [-0.39, 0.29) is 17.0 Å². The Morgan fingerprint density at radius 2 is 2.11 bits per heavy atom. The molecule has 0 amide bonds. The van der Waals surface area contributed by atoms with Gasteiger partial charge >= 0.3 is 10.1 Å². The minimum atomic E-state index is -4.27. The van der Waals surface area contributed by atoms with Crippen LogP contribution in [0.25, 0.3) is 10.9 Å². The Bertz CT molecular complexity index is 738. The Morgan fingerprint density at radius 3 is 2.78 bits per heavy atom. The van der Waals surface area contributed by atoms with Crippen molar-refractivity contribution in [2.45, 2.75) is 0 Å². The van der Waals surface area contributed by atoms with Crippen molar-refractivity contribution in [3.63, 3.8) is 0 Å². The van der Waals surface area contributed by atoms with E-state index < -0.39 is 16.1 Å². The molecule has 0 aliphatic rings. The van der Waals surface area contributed by atoms with Crippen LogP contribution in [0.2, 0.25) is 0 Å². The number of nitrogens with zero attached hydrogens (tertiary/aromatic N) is 2. The molecule has 2 aromatic rings. The summed E-state index contributed by atoms with van der Waals surface area (Å²) in [7, 11) is -4.27. The first-order chi connectivity index (χ1) is 8.55. The number of hydrogen-bond acceptors (Lipinski definition) is 5. The zero-order valence-electron chi connectivity index (χ0n) is 9.00. The van der Waals surface area contributed by atoms with Crippen molar-refractivity contribution in [1.82, 2.24) is 4.98 Å². The smallest absolute Gasteiger partial charge is 0.339 e. The van der Waals surface area contributed by atoms with Crippen molar-refractivity contribution in [2.75, 3.05) is 6.01 Å². The van der Waals surface area contributed by atoms with Crippen LogP contribution in [-0.4, -0.2) is 19.4 Å². The van der Waals surface area contributed by atoms with Crippen LogP contribution in [0.5, 0.6) is 5.75 Å². The van der Waals surface area contributed by atoms with E-state index in [0.29, 0.717) is 5.39 Å². The van der Waals surface area contributed by atoms with E-state index in [1.807, 2.05) is 6.07 Å². The zero-order valence-corrected chi connectivity index (χ0v) is 9.82. The summed E-state index contributed by atoms with van der Waals surface area (Å²) in [5.74, 6) is -0.0951. The van der Waals surface area contributed by atoms with Gasteiger partial charge in [0.1, 0.15) is 17.3 Å². The molecule has 18 heavy (non-hydrogen) atoms. The molecule has 0 N–H and O–H groups in total. The van der Waals surface area contributed by atoms with Crippen molar-refractivity contribution in [2.24, 2.45) is 0 Å². The summed E-state index contributed by atoms with van der Waals surface area (Å²) in [6, 6.07) is 7.90. The largest absolute Gasteiger partial charge is 0.378 e. The van der Waals surface area contributed by atoms with Gasteiger partial charge in [0.25, 0.3) is 0 Å². The maximum Gasteiger partial charge on any atom is 0.339 e. The number of para-hydroxylation sites is 1. The Kier molecular flexibility index (Phi) is 3.12. The average Bonchev–Trinajstić information content (AvgIpc) is 2.38. The lowest BCUT2D eigenvalue weighted by atomic mass is 10.2. The predicted octanol–water partition coefficient (Wildman–Crippen LogP) is 1.74. The Morgan fingerprint density at radius 1 is 1.33 bits per heavy atom. The Labute approximate surface area is 103 Å². The lowest BCUT2D eigenvalue weighted by Crippen LogP contribution is -2.11. The maximum atomic E-state index is 12.2. The highest BCUT2D eigenvalue weighted by molar-refractivity contribution is 7.86. The lowest BCUT2D eigenvalue weighted by molar-refractivity contribution is 0.453. The molecule has 0 aliphatic carbocycles. The maximum absolute atomic E-state index is 12.2. The van der Waals surface area contributed by atoms with Crippen LogP contribution in [0.3, 0.4) is 0 Å². The molecule has 1 aromatic carbocycles. The summed E-state index contributed by atoms with van der Waals surface area (Å²) in [5.41, 5.74) is 0.324. The van der Waals surface area contributed by atoms with E-state index in [9.17, 15) is 12.8 Å². The zero-order chi connectivity index (χ0) is 13.2. The Hall–Kier alpha value is -2.20. The molecule has 0 saturated heterocycles. The fraction of sp³-hybridized carbons (Fsp3) is 0.0909. The van der Waals surface area contributed by atoms with Crippen molar-refractivity contribution in [3.8, 4) is 11.8 Å². The van der Waals surface area contributed by atoms with E-state index in [1.54, 1.807) is 18.2 Å². The van der Waals surface area contributed by atoms with E-state index in [0.717, 1.165) is 0 Å². The molecule has 0 bridgehead atoms. The fourth-order valence-electron chi connectivity index (χ4n) is 1.41. The highest BCUT2D eigenvalue weighted by Gasteiger charge is 2.14. The van der Waals surface area contributed by atoms with Gasteiger partial charge in [-0.1, -0.05) is 12.1 Å². The molecule has 7 heteroatoms. The minimum Gasteiger partial charge on any atom is -0.378 e. The number of nitriles is 1. The van der Waals surface area contributed by atoms with E-state index in [1.165, 1.54) is 12.1 Å². The van der Waals surface area contributed by atoms with Gasteiger partial charge in [0.05, 0.1) is 0 Å². The van der Waals surface area contributed by atoms with Crippen LogP contribution >= 0.6 is 0 Å². The lowest BCUT2D eigenvalue weighted by Gasteiger charge is -2.06. The van der Waals surface area contributed by atoms with Gasteiger partial charge in [-0.05, 0) is 18.2 Å². The van der Waals surface area contributed by atoms with Gasteiger partial charge < -0.3 is 4.18 Å². The number of benzene rings is 1. The molecule has 0 aliphatic heterocycles. The summed E-state index contributed by atoms with van der Waals surface area (Å²) in [6.07, 6.45) is 0. The molecular formula is C11H7FN2O3S. The molecule has 92 valence electrons. The molecule has 0 saturated carbocycles. The highest BCUT2D eigenvalue weighted by Crippen LogP contribution is 2.25. The monoisotopic (exact) mass is 266 g/mol. The second-order valence-electron chi connectivity index (χ2n) is 3.39. The third-order valence-corrected chi connectivity index (χ3v) is 2.85. The number of fused-ring (bicyclic) bond motifs is 1. The van der Waals surface area contributed by atoms with Crippen LogP contribution < -0.4 is 4.18 Å². The normalized spacial score (nSPS) is 11.1. The minimum absolute atomic E-state index is 0.0951. The summed E-state index contributed by atoms with van der Waals surface area (Å²) in [5, 5.41) is 9.33. The molecule has 2 rings (SSSR count). The first kappa shape index (κ1) is 12.3. The summed E-state index contributed by atoms with van der Waals surface area (Å²) in [4.78, 5) is 3.94. The highest BCUT2D eigenvalue weighted by atomic mass is 32.2. The number of alkyl halides is 1. The van der Waals surface area contributed by atoms with Gasteiger partial charge in [0.2, 0.25) is 6.01 Å². The molecule has 0 spiro atoms. The number of rotatable bonds is 3. The SMILES string of the molecule is N#Cc1ccc2cccc(OS(=O)(=O)CF)c2n1. The van der Waals surface area contributed by atoms with E-state index in [2.05, 4.69) is 9.17 Å². The molecule has 1 aromatic heterocycles. The third kappa shape index (κ3) is 2.38. The second kappa shape index (κ2) is 4.58. The van der Waals surface area contributed by atoms with Crippen LogP contribution in [0.1, 0.15) is 5.69 Å². The molecule has 0 radical (unpaired) electrons. The van der Waals surface area contributed by atoms with E-state index >= 15 is 0 Å². The van der Waals surface area contributed by atoms with Gasteiger partial charge in [-0.2, -0.15) is 13.7 Å². The number of halogens is 1. The molecule has 1 heterocycles. The number of aromatic nitrogens is 1. The standard InChI is InChI=1S/C11H7FN2O3S/c12-7-18(15,16)17-10-3-1-2-8-4-5-9(6-13)14-11(8)10/h1-5H,7H2. The number of hydrogen-bond donors (Lipinski definition) is 0. The number of pyridine rings is 1. The predicted molar refractivity (Wildman–Crippen MR) is 62.0 cm³/mol. The first-order valence-electron chi connectivity index (χ1n) is 4.84. The Balaban J connectivity index is 2.61. The van der Waals surface area contributed by atoms with E-state index in [4.69, 9.17) is 5.26 Å². The van der Waals surface area contributed by atoms with Gasteiger partial charge in [0, 0.05) is 5.39 Å². The summed E-state index contributed by atoms with van der Waals surface area (Å²) >= 11 is 0. The van der Waals surface area contributed by atoms with Gasteiger partial charge in [-0.25, -0.2) is 9.37 Å². The molecule has 0 atom stereocenters. The van der Waals surface area contributed by atoms with Crippen molar-refractivity contribution < 1.29 is 17.0 Å². The quantitative estimate of drug-likeness (QED) is 0.790. The summed E-state index contributed by atoms with van der Waals surface area (Å²) < 4.78 is 39.0. The van der Waals surface area contributed by atoms with Crippen LogP contribution in [0.4, 0.5) is 4.39 Å². The third-order valence-electron chi connectivity index (χ3n) is 2.15. The molecule has 5 nitrogen and oxygen atoms in total. The summed E-state index contributed by atoms with van der Waals surface area (Å²) in [6.45, 7) is 0. The van der Waals surface area contributed by atoms with Crippen LogP contribution in [-0.2, 0) is 10.1 Å². The van der Waals surface area contributed by atoms with Crippen molar-refractivity contribution in [1.29, 1.82) is 5.26 Å². The molecule has 0 fully saturated rings. The fourth-order valence-corrected chi connectivity index (χ4v) is 1.86. The average molecular weight is 266 g/mol. The van der Waals surface area contributed by atoms with Crippen LogP contribution in [0.15, 0.2) is 30.3 Å². The van der Waals surface area contributed by atoms with Crippen LogP contribution in [0, 0.1) is 11.3 Å². The van der Waals surface area contributed by atoms with Gasteiger partial charge in [0.15, 0.2) is 5.75 Å².